The highest BCUT2D eigenvalue weighted by Gasteiger charge is 2.48. The Morgan fingerprint density at radius 1 is 1.42 bits per heavy atom. The average molecular weight is 268 g/mol. The molecule has 5 nitrogen and oxygen atoms in total. The van der Waals surface area contributed by atoms with E-state index in [-0.39, 0.29) is 5.91 Å². The van der Waals surface area contributed by atoms with Crippen LogP contribution in [0.2, 0.25) is 0 Å². The fraction of sp³-hybridized carbons (Fsp3) is 0.857. The smallest absolute Gasteiger partial charge is 0.329 e. The van der Waals surface area contributed by atoms with E-state index in [1.165, 1.54) is 0 Å². The lowest BCUT2D eigenvalue weighted by atomic mass is 9.91. The van der Waals surface area contributed by atoms with Gasteiger partial charge >= 0.3 is 5.97 Å². The normalized spacial score (nSPS) is 31.4. The summed E-state index contributed by atoms with van der Waals surface area (Å²) >= 11 is 0. The first-order valence-corrected chi connectivity index (χ1v) is 7.34. The second-order valence-electron chi connectivity index (χ2n) is 5.76. The first-order chi connectivity index (χ1) is 9.10. The molecule has 2 rings (SSSR count). The number of likely N-dealkylation sites (tertiary alicyclic amines) is 1. The molecular formula is C14H24N2O3. The second kappa shape index (κ2) is 5.90. The van der Waals surface area contributed by atoms with Crippen molar-refractivity contribution in [3.63, 3.8) is 0 Å². The van der Waals surface area contributed by atoms with Crippen LogP contribution in [0.3, 0.4) is 0 Å². The molecule has 0 saturated carbocycles. The molecule has 0 aromatic heterocycles. The van der Waals surface area contributed by atoms with Gasteiger partial charge in [-0.2, -0.15) is 0 Å². The molecule has 0 aromatic rings. The van der Waals surface area contributed by atoms with Crippen molar-refractivity contribution < 1.29 is 14.7 Å². The van der Waals surface area contributed by atoms with E-state index in [0.717, 1.165) is 32.4 Å². The molecule has 2 aliphatic rings. The van der Waals surface area contributed by atoms with Crippen LogP contribution in [-0.4, -0.2) is 47.1 Å². The summed E-state index contributed by atoms with van der Waals surface area (Å²) in [4.78, 5) is 25.6. The molecule has 2 unspecified atom stereocenters. The summed E-state index contributed by atoms with van der Waals surface area (Å²) in [6.07, 6.45) is 4.55. The number of nitrogens with zero attached hydrogens (tertiary/aromatic N) is 1. The summed E-state index contributed by atoms with van der Waals surface area (Å²) in [6, 6.07) is 0. The first kappa shape index (κ1) is 14.3. The van der Waals surface area contributed by atoms with Gasteiger partial charge in [0.05, 0.1) is 0 Å². The van der Waals surface area contributed by atoms with Gasteiger partial charge in [-0.05, 0) is 51.1 Å². The maximum absolute atomic E-state index is 12.4. The molecule has 2 heterocycles. The number of carboxylic acids is 1. The number of piperidine rings is 1. The van der Waals surface area contributed by atoms with Gasteiger partial charge in [-0.1, -0.05) is 6.92 Å². The molecule has 5 heteroatoms. The summed E-state index contributed by atoms with van der Waals surface area (Å²) in [7, 11) is 0. The van der Waals surface area contributed by atoms with Crippen LogP contribution < -0.4 is 5.32 Å². The number of nitrogens with one attached hydrogen (secondary N) is 1. The lowest BCUT2D eigenvalue weighted by Crippen LogP contribution is -2.53. The van der Waals surface area contributed by atoms with Crippen LogP contribution in [-0.2, 0) is 9.59 Å². The Balaban J connectivity index is 2.02. The summed E-state index contributed by atoms with van der Waals surface area (Å²) in [6.45, 7) is 4.37. The molecule has 2 aliphatic heterocycles. The molecular weight excluding hydrogens is 244 g/mol. The molecule has 2 atom stereocenters. The zero-order valence-electron chi connectivity index (χ0n) is 11.7. The van der Waals surface area contributed by atoms with E-state index in [4.69, 9.17) is 0 Å². The van der Waals surface area contributed by atoms with E-state index in [2.05, 4.69) is 5.32 Å². The number of carbonyl (C=O) groups excluding carboxylic acids is 1. The van der Waals surface area contributed by atoms with Crippen molar-refractivity contribution in [2.24, 2.45) is 5.92 Å². The van der Waals surface area contributed by atoms with Crippen molar-refractivity contribution in [1.29, 1.82) is 0 Å². The maximum Gasteiger partial charge on any atom is 0.329 e. The van der Waals surface area contributed by atoms with Crippen molar-refractivity contribution in [3.8, 4) is 0 Å². The fourth-order valence-electron chi connectivity index (χ4n) is 3.44. The van der Waals surface area contributed by atoms with Crippen LogP contribution in [0.4, 0.5) is 0 Å². The summed E-state index contributed by atoms with van der Waals surface area (Å²) < 4.78 is 0. The van der Waals surface area contributed by atoms with Crippen LogP contribution in [0.5, 0.6) is 0 Å². The summed E-state index contributed by atoms with van der Waals surface area (Å²) in [5.41, 5.74) is -0.945. The minimum Gasteiger partial charge on any atom is -0.479 e. The van der Waals surface area contributed by atoms with Gasteiger partial charge in [-0.15, -0.1) is 0 Å². The fourth-order valence-corrected chi connectivity index (χ4v) is 3.44. The Morgan fingerprint density at radius 3 is 2.79 bits per heavy atom. The maximum atomic E-state index is 12.4. The van der Waals surface area contributed by atoms with Crippen molar-refractivity contribution in [1.82, 2.24) is 10.2 Å². The molecule has 0 aliphatic carbocycles. The largest absolute Gasteiger partial charge is 0.479 e. The average Bonchev–Trinajstić information content (AvgIpc) is 2.85. The third-order valence-corrected chi connectivity index (χ3v) is 4.64. The zero-order chi connectivity index (χ0) is 13.9. The van der Waals surface area contributed by atoms with Gasteiger partial charge in [0.15, 0.2) is 0 Å². The van der Waals surface area contributed by atoms with Crippen LogP contribution in [0.25, 0.3) is 0 Å². The van der Waals surface area contributed by atoms with E-state index >= 15 is 0 Å². The highest BCUT2D eigenvalue weighted by molar-refractivity contribution is 5.87. The van der Waals surface area contributed by atoms with E-state index in [9.17, 15) is 14.7 Å². The van der Waals surface area contributed by atoms with Gasteiger partial charge in [0.1, 0.15) is 5.54 Å². The van der Waals surface area contributed by atoms with Gasteiger partial charge in [-0.3, -0.25) is 4.79 Å². The number of carboxylic acid groups (broad SMARTS) is 1. The molecule has 2 fully saturated rings. The van der Waals surface area contributed by atoms with Crippen LogP contribution in [0.15, 0.2) is 0 Å². The summed E-state index contributed by atoms with van der Waals surface area (Å²) in [5, 5.41) is 12.8. The predicted octanol–water partition coefficient (Wildman–Crippen LogP) is 1.23. The SMILES string of the molecule is CCC1(C(=O)O)CCCN1C(=O)CC1CCCNC1. The molecule has 0 aromatic carbocycles. The van der Waals surface area contributed by atoms with Gasteiger partial charge in [-0.25, -0.2) is 4.79 Å². The standard InChI is InChI=1S/C14H24N2O3/c1-2-14(13(18)19)6-4-8-16(14)12(17)9-11-5-3-7-15-10-11/h11,15H,2-10H2,1H3,(H,18,19). The van der Waals surface area contributed by atoms with E-state index < -0.39 is 11.5 Å². The molecule has 19 heavy (non-hydrogen) atoms. The molecule has 2 saturated heterocycles. The van der Waals surface area contributed by atoms with Crippen LogP contribution in [0.1, 0.15) is 45.4 Å². The lowest BCUT2D eigenvalue weighted by Gasteiger charge is -2.35. The van der Waals surface area contributed by atoms with E-state index in [0.29, 0.717) is 31.7 Å². The molecule has 0 radical (unpaired) electrons. The number of hydrogen-bond acceptors (Lipinski definition) is 3. The number of carbonyl (C=O) groups is 2. The predicted molar refractivity (Wildman–Crippen MR) is 71.8 cm³/mol. The summed E-state index contributed by atoms with van der Waals surface area (Å²) in [5.74, 6) is -0.455. The lowest BCUT2D eigenvalue weighted by molar-refractivity contribution is -0.157. The molecule has 0 bridgehead atoms. The quantitative estimate of drug-likeness (QED) is 0.804. The Morgan fingerprint density at radius 2 is 2.21 bits per heavy atom. The molecule has 0 spiro atoms. The third kappa shape index (κ3) is 2.76. The third-order valence-electron chi connectivity index (χ3n) is 4.64. The number of amides is 1. The molecule has 2 N–H and O–H groups in total. The zero-order valence-corrected chi connectivity index (χ0v) is 11.7. The number of rotatable bonds is 4. The minimum atomic E-state index is -0.945. The number of hydrogen-bond donors (Lipinski definition) is 2. The molecule has 108 valence electrons. The van der Waals surface area contributed by atoms with E-state index in [1.54, 1.807) is 4.90 Å². The first-order valence-electron chi connectivity index (χ1n) is 7.34. The Kier molecular flexibility index (Phi) is 4.45. The highest BCUT2D eigenvalue weighted by atomic mass is 16.4. The minimum absolute atomic E-state index is 0.0236. The van der Waals surface area contributed by atoms with Crippen molar-refractivity contribution in [2.45, 2.75) is 51.0 Å². The monoisotopic (exact) mass is 268 g/mol. The highest BCUT2D eigenvalue weighted by Crippen LogP contribution is 2.34. The Bertz CT molecular complexity index is 353. The van der Waals surface area contributed by atoms with Gasteiger partial charge in [0, 0.05) is 13.0 Å². The van der Waals surface area contributed by atoms with Crippen molar-refractivity contribution in [3.05, 3.63) is 0 Å². The molecule has 1 amide bonds. The van der Waals surface area contributed by atoms with E-state index in [1.807, 2.05) is 6.92 Å². The van der Waals surface area contributed by atoms with Crippen molar-refractivity contribution >= 4 is 11.9 Å². The van der Waals surface area contributed by atoms with Gasteiger partial charge < -0.3 is 15.3 Å². The van der Waals surface area contributed by atoms with Gasteiger partial charge in [0.2, 0.25) is 5.91 Å². The topological polar surface area (TPSA) is 69.6 Å². The Labute approximate surface area is 114 Å². The van der Waals surface area contributed by atoms with Crippen molar-refractivity contribution in [2.75, 3.05) is 19.6 Å². The van der Waals surface area contributed by atoms with Crippen LogP contribution in [0, 0.1) is 5.92 Å². The van der Waals surface area contributed by atoms with Crippen LogP contribution >= 0.6 is 0 Å². The Hall–Kier alpha value is -1.10. The second-order valence-corrected chi connectivity index (χ2v) is 5.76. The van der Waals surface area contributed by atoms with Gasteiger partial charge in [0.25, 0.3) is 0 Å². The number of aliphatic carboxylic acids is 1.